The smallest absolute Gasteiger partial charge is 0.193 e. The summed E-state index contributed by atoms with van der Waals surface area (Å²) in [6.07, 6.45) is 0. The summed E-state index contributed by atoms with van der Waals surface area (Å²) >= 11 is 0. The second kappa shape index (κ2) is 6.81. The van der Waals surface area contributed by atoms with Crippen LogP contribution in [0.15, 0.2) is 48.5 Å². The second-order valence-electron chi connectivity index (χ2n) is 5.42. The molecule has 0 amide bonds. The molecule has 3 nitrogen and oxygen atoms in total. The van der Waals surface area contributed by atoms with Crippen molar-refractivity contribution in [2.24, 2.45) is 0 Å². The molecule has 1 aliphatic heterocycles. The maximum atomic E-state index is 13.0. The van der Waals surface area contributed by atoms with E-state index in [1.165, 1.54) is 24.3 Å². The lowest BCUT2D eigenvalue weighted by Crippen LogP contribution is -2.35. The quantitative estimate of drug-likeness (QED) is 0.813. The highest BCUT2D eigenvalue weighted by atomic mass is 19.1. The van der Waals surface area contributed by atoms with Gasteiger partial charge in [-0.1, -0.05) is 18.2 Å². The van der Waals surface area contributed by atoms with Crippen LogP contribution >= 0.6 is 0 Å². The second-order valence-corrected chi connectivity index (χ2v) is 5.42. The zero-order chi connectivity index (χ0) is 15.4. The molecule has 4 heteroatoms. The van der Waals surface area contributed by atoms with E-state index in [2.05, 4.69) is 4.90 Å². The Morgan fingerprint density at radius 2 is 1.77 bits per heavy atom. The lowest BCUT2D eigenvalue weighted by atomic mass is 10.0. The Morgan fingerprint density at radius 3 is 2.50 bits per heavy atom. The van der Waals surface area contributed by atoms with Crippen LogP contribution in [0.2, 0.25) is 0 Å². The average Bonchev–Trinajstić information content (AvgIpc) is 2.56. The van der Waals surface area contributed by atoms with Crippen molar-refractivity contribution in [3.63, 3.8) is 0 Å². The third-order valence-corrected chi connectivity index (χ3v) is 3.81. The summed E-state index contributed by atoms with van der Waals surface area (Å²) in [6, 6.07) is 13.3. The van der Waals surface area contributed by atoms with Gasteiger partial charge in [0.2, 0.25) is 0 Å². The zero-order valence-electron chi connectivity index (χ0n) is 12.3. The van der Waals surface area contributed by atoms with E-state index in [1.807, 2.05) is 18.2 Å². The van der Waals surface area contributed by atoms with Crippen molar-refractivity contribution in [1.29, 1.82) is 0 Å². The zero-order valence-corrected chi connectivity index (χ0v) is 12.3. The lowest BCUT2D eigenvalue weighted by molar-refractivity contribution is 0.0342. The maximum Gasteiger partial charge on any atom is 0.193 e. The molecule has 0 atom stereocenters. The number of carbonyl (C=O) groups is 1. The number of ether oxygens (including phenoxy) is 1. The summed E-state index contributed by atoms with van der Waals surface area (Å²) in [5, 5.41) is 0. The first-order valence-electron chi connectivity index (χ1n) is 7.42. The van der Waals surface area contributed by atoms with Gasteiger partial charge in [0.25, 0.3) is 0 Å². The van der Waals surface area contributed by atoms with Crippen LogP contribution in [0.4, 0.5) is 4.39 Å². The Hall–Kier alpha value is -2.04. The first kappa shape index (κ1) is 14.9. The van der Waals surface area contributed by atoms with E-state index in [9.17, 15) is 9.18 Å². The number of nitrogens with zero attached hydrogens (tertiary/aromatic N) is 1. The molecule has 0 bridgehead atoms. The SMILES string of the molecule is O=C(c1ccc(F)cc1)c1cccc(CN2CCOCC2)c1. The molecule has 0 saturated carbocycles. The van der Waals surface area contributed by atoms with E-state index in [1.54, 1.807) is 6.07 Å². The van der Waals surface area contributed by atoms with Gasteiger partial charge in [0.1, 0.15) is 5.82 Å². The minimum atomic E-state index is -0.336. The molecule has 0 unspecified atom stereocenters. The molecule has 1 aliphatic rings. The third kappa shape index (κ3) is 3.59. The number of carbonyl (C=O) groups excluding carboxylic acids is 1. The number of halogens is 1. The van der Waals surface area contributed by atoms with Crippen LogP contribution in [0.1, 0.15) is 21.5 Å². The summed E-state index contributed by atoms with van der Waals surface area (Å²) in [4.78, 5) is 14.8. The van der Waals surface area contributed by atoms with Crippen molar-refractivity contribution in [3.8, 4) is 0 Å². The summed E-state index contributed by atoms with van der Waals surface area (Å²) in [7, 11) is 0. The lowest BCUT2D eigenvalue weighted by Gasteiger charge is -2.26. The van der Waals surface area contributed by atoms with Gasteiger partial charge in [-0.25, -0.2) is 4.39 Å². The van der Waals surface area contributed by atoms with Crippen LogP contribution in [0, 0.1) is 5.82 Å². The molecular formula is C18H18FNO2. The van der Waals surface area contributed by atoms with Crippen molar-refractivity contribution in [1.82, 2.24) is 4.90 Å². The van der Waals surface area contributed by atoms with E-state index >= 15 is 0 Å². The van der Waals surface area contributed by atoms with Gasteiger partial charge in [0.05, 0.1) is 13.2 Å². The van der Waals surface area contributed by atoms with Gasteiger partial charge in [-0.2, -0.15) is 0 Å². The van der Waals surface area contributed by atoms with Gasteiger partial charge in [-0.15, -0.1) is 0 Å². The predicted octanol–water partition coefficient (Wildman–Crippen LogP) is 2.89. The standard InChI is InChI=1S/C18H18FNO2/c19-17-6-4-15(5-7-17)18(21)16-3-1-2-14(12-16)13-20-8-10-22-11-9-20/h1-7,12H,8-11,13H2. The summed E-state index contributed by atoms with van der Waals surface area (Å²) in [5.41, 5.74) is 2.25. The highest BCUT2D eigenvalue weighted by molar-refractivity contribution is 6.09. The Morgan fingerprint density at radius 1 is 1.05 bits per heavy atom. The Labute approximate surface area is 129 Å². The first-order chi connectivity index (χ1) is 10.7. The predicted molar refractivity (Wildman–Crippen MR) is 82.4 cm³/mol. The maximum absolute atomic E-state index is 13.0. The summed E-state index contributed by atoms with van der Waals surface area (Å²) in [6.45, 7) is 4.16. The van der Waals surface area contributed by atoms with Gasteiger partial charge in [0.15, 0.2) is 5.78 Å². The fourth-order valence-corrected chi connectivity index (χ4v) is 2.60. The molecule has 1 fully saturated rings. The number of morpholine rings is 1. The van der Waals surface area contributed by atoms with Crippen LogP contribution in [0.25, 0.3) is 0 Å². The molecular weight excluding hydrogens is 281 g/mol. The largest absolute Gasteiger partial charge is 0.379 e. The molecule has 1 heterocycles. The first-order valence-corrected chi connectivity index (χ1v) is 7.42. The fourth-order valence-electron chi connectivity index (χ4n) is 2.60. The van der Waals surface area contributed by atoms with Crippen molar-refractivity contribution < 1.29 is 13.9 Å². The van der Waals surface area contributed by atoms with Gasteiger partial charge in [-0.3, -0.25) is 9.69 Å². The number of benzene rings is 2. The number of hydrogen-bond donors (Lipinski definition) is 0. The van der Waals surface area contributed by atoms with Crippen molar-refractivity contribution in [2.45, 2.75) is 6.54 Å². The third-order valence-electron chi connectivity index (χ3n) is 3.81. The van der Waals surface area contributed by atoms with Crippen molar-refractivity contribution in [3.05, 3.63) is 71.0 Å². The Kier molecular flexibility index (Phi) is 4.61. The molecule has 3 rings (SSSR count). The van der Waals surface area contributed by atoms with E-state index in [-0.39, 0.29) is 11.6 Å². The molecule has 0 radical (unpaired) electrons. The van der Waals surface area contributed by atoms with Gasteiger partial charge >= 0.3 is 0 Å². The van der Waals surface area contributed by atoms with Crippen LogP contribution in [-0.4, -0.2) is 37.0 Å². The highest BCUT2D eigenvalue weighted by Gasteiger charge is 2.13. The van der Waals surface area contributed by atoms with Gasteiger partial charge in [-0.05, 0) is 35.9 Å². The van der Waals surface area contributed by atoms with Crippen molar-refractivity contribution in [2.75, 3.05) is 26.3 Å². The normalized spacial score (nSPS) is 15.7. The van der Waals surface area contributed by atoms with E-state index in [0.29, 0.717) is 11.1 Å². The topological polar surface area (TPSA) is 29.5 Å². The molecule has 0 aromatic heterocycles. The van der Waals surface area contributed by atoms with Crippen molar-refractivity contribution >= 4 is 5.78 Å². The van der Waals surface area contributed by atoms with Crippen LogP contribution in [0.3, 0.4) is 0 Å². The average molecular weight is 299 g/mol. The molecule has 1 saturated heterocycles. The molecule has 0 spiro atoms. The van der Waals surface area contributed by atoms with Gasteiger partial charge in [0, 0.05) is 30.8 Å². The highest BCUT2D eigenvalue weighted by Crippen LogP contribution is 2.14. The van der Waals surface area contributed by atoms with E-state index in [4.69, 9.17) is 4.74 Å². The number of rotatable bonds is 4. The fraction of sp³-hybridized carbons (Fsp3) is 0.278. The summed E-state index contributed by atoms with van der Waals surface area (Å²) in [5.74, 6) is -0.415. The van der Waals surface area contributed by atoms with E-state index in [0.717, 1.165) is 38.4 Å². The Bertz CT molecular complexity index is 648. The molecule has 114 valence electrons. The van der Waals surface area contributed by atoms with Crippen LogP contribution in [-0.2, 0) is 11.3 Å². The van der Waals surface area contributed by atoms with Crippen LogP contribution < -0.4 is 0 Å². The minimum absolute atomic E-state index is 0.0798. The minimum Gasteiger partial charge on any atom is -0.379 e. The van der Waals surface area contributed by atoms with Gasteiger partial charge < -0.3 is 4.74 Å². The molecule has 0 N–H and O–H groups in total. The Balaban J connectivity index is 1.75. The number of ketones is 1. The number of hydrogen-bond acceptors (Lipinski definition) is 3. The molecule has 22 heavy (non-hydrogen) atoms. The molecule has 2 aromatic rings. The monoisotopic (exact) mass is 299 g/mol. The van der Waals surface area contributed by atoms with Crippen LogP contribution in [0.5, 0.6) is 0 Å². The summed E-state index contributed by atoms with van der Waals surface area (Å²) < 4.78 is 18.3. The molecule has 0 aliphatic carbocycles. The molecule has 2 aromatic carbocycles. The van der Waals surface area contributed by atoms with E-state index < -0.39 is 0 Å².